The number of rotatable bonds is 6. The van der Waals surface area contributed by atoms with Gasteiger partial charge in [-0.05, 0) is 63.9 Å². The predicted octanol–water partition coefficient (Wildman–Crippen LogP) is 2.16. The number of anilines is 1. The number of carbonyl (C=O) groups is 1. The van der Waals surface area contributed by atoms with Crippen LogP contribution in [0.25, 0.3) is 0 Å². The summed E-state index contributed by atoms with van der Waals surface area (Å²) in [6.07, 6.45) is 8.38. The van der Waals surface area contributed by atoms with Gasteiger partial charge in [0.25, 0.3) is 0 Å². The monoisotopic (exact) mass is 355 g/mol. The van der Waals surface area contributed by atoms with Crippen molar-refractivity contribution in [3.8, 4) is 6.07 Å². The molecule has 6 nitrogen and oxygen atoms in total. The van der Waals surface area contributed by atoms with E-state index >= 15 is 0 Å². The van der Waals surface area contributed by atoms with Gasteiger partial charge in [-0.2, -0.15) is 5.26 Å². The van der Waals surface area contributed by atoms with Gasteiger partial charge in [-0.15, -0.1) is 0 Å². The Morgan fingerprint density at radius 3 is 2.73 bits per heavy atom. The fraction of sp³-hybridized carbons (Fsp3) is 0.650. The number of likely N-dealkylation sites (tertiary alicyclic amines) is 1. The van der Waals surface area contributed by atoms with Crippen molar-refractivity contribution in [2.24, 2.45) is 5.92 Å². The molecule has 0 bridgehead atoms. The predicted molar refractivity (Wildman–Crippen MR) is 102 cm³/mol. The van der Waals surface area contributed by atoms with Crippen LogP contribution in [0.5, 0.6) is 0 Å². The summed E-state index contributed by atoms with van der Waals surface area (Å²) in [6, 6.07) is 5.78. The number of nitrogens with zero attached hydrogens (tertiary/aromatic N) is 4. The minimum Gasteiger partial charge on any atom is -0.356 e. The summed E-state index contributed by atoms with van der Waals surface area (Å²) in [7, 11) is 0. The van der Waals surface area contributed by atoms with Crippen LogP contribution in [-0.4, -0.2) is 55.1 Å². The number of carbonyl (C=O) groups excluding carboxylic acids is 1. The Morgan fingerprint density at radius 1 is 1.23 bits per heavy atom. The van der Waals surface area contributed by atoms with Crippen molar-refractivity contribution in [3.63, 3.8) is 0 Å². The van der Waals surface area contributed by atoms with E-state index in [1.54, 1.807) is 18.3 Å². The SMILES string of the molecule is N#Cc1cccnc1N1CCC(C(=O)NCCCN2CCCCC2)CC1. The molecule has 0 spiro atoms. The molecule has 0 atom stereocenters. The first-order valence-electron chi connectivity index (χ1n) is 9.88. The van der Waals surface area contributed by atoms with Crippen molar-refractivity contribution in [1.82, 2.24) is 15.2 Å². The Labute approximate surface area is 156 Å². The highest BCUT2D eigenvalue weighted by Gasteiger charge is 2.26. The Hall–Kier alpha value is -2.13. The van der Waals surface area contributed by atoms with Crippen molar-refractivity contribution in [2.45, 2.75) is 38.5 Å². The molecule has 0 radical (unpaired) electrons. The molecule has 2 aliphatic rings. The molecule has 3 heterocycles. The number of piperidine rings is 2. The quantitative estimate of drug-likeness (QED) is 0.792. The van der Waals surface area contributed by atoms with E-state index in [1.807, 2.05) is 0 Å². The van der Waals surface area contributed by atoms with Gasteiger partial charge in [-0.3, -0.25) is 4.79 Å². The van der Waals surface area contributed by atoms with E-state index in [1.165, 1.54) is 32.4 Å². The zero-order valence-corrected chi connectivity index (χ0v) is 15.5. The summed E-state index contributed by atoms with van der Waals surface area (Å²) in [5, 5.41) is 12.3. The molecule has 0 aliphatic carbocycles. The maximum absolute atomic E-state index is 12.4. The molecule has 140 valence electrons. The van der Waals surface area contributed by atoms with Crippen LogP contribution in [0.4, 0.5) is 5.82 Å². The van der Waals surface area contributed by atoms with Crippen LogP contribution < -0.4 is 10.2 Å². The van der Waals surface area contributed by atoms with Crippen molar-refractivity contribution >= 4 is 11.7 Å². The van der Waals surface area contributed by atoms with Gasteiger partial charge >= 0.3 is 0 Å². The van der Waals surface area contributed by atoms with Gasteiger partial charge in [0, 0.05) is 31.7 Å². The molecular formula is C20H29N5O. The van der Waals surface area contributed by atoms with Gasteiger partial charge in [0.05, 0.1) is 5.56 Å². The molecule has 6 heteroatoms. The molecule has 1 aromatic rings. The molecule has 2 saturated heterocycles. The second kappa shape index (κ2) is 9.54. The van der Waals surface area contributed by atoms with Crippen molar-refractivity contribution in [2.75, 3.05) is 44.2 Å². The first kappa shape index (κ1) is 18.7. The highest BCUT2D eigenvalue weighted by molar-refractivity contribution is 5.79. The number of nitriles is 1. The van der Waals surface area contributed by atoms with E-state index in [0.717, 1.165) is 51.3 Å². The van der Waals surface area contributed by atoms with Gasteiger partial charge in [-0.25, -0.2) is 4.98 Å². The third kappa shape index (κ3) is 4.95. The van der Waals surface area contributed by atoms with Gasteiger partial charge in [0.1, 0.15) is 11.9 Å². The van der Waals surface area contributed by atoms with Gasteiger partial charge in [0.2, 0.25) is 5.91 Å². The van der Waals surface area contributed by atoms with E-state index < -0.39 is 0 Å². The molecule has 2 aliphatic heterocycles. The molecule has 3 rings (SSSR count). The van der Waals surface area contributed by atoms with Crippen molar-refractivity contribution in [3.05, 3.63) is 23.9 Å². The van der Waals surface area contributed by atoms with Gasteiger partial charge in [-0.1, -0.05) is 6.42 Å². The van der Waals surface area contributed by atoms with Gasteiger partial charge < -0.3 is 15.1 Å². The molecule has 1 aromatic heterocycles. The highest BCUT2D eigenvalue weighted by Crippen LogP contribution is 2.24. The lowest BCUT2D eigenvalue weighted by Crippen LogP contribution is -2.41. The lowest BCUT2D eigenvalue weighted by Gasteiger charge is -2.32. The lowest BCUT2D eigenvalue weighted by molar-refractivity contribution is -0.125. The maximum atomic E-state index is 12.4. The maximum Gasteiger partial charge on any atom is 0.223 e. The normalized spacial score (nSPS) is 19.1. The fourth-order valence-corrected chi connectivity index (χ4v) is 3.93. The fourth-order valence-electron chi connectivity index (χ4n) is 3.93. The third-order valence-corrected chi connectivity index (χ3v) is 5.47. The average Bonchev–Trinajstić information content (AvgIpc) is 2.72. The Kier molecular flexibility index (Phi) is 6.84. The molecule has 1 N–H and O–H groups in total. The number of hydrogen-bond acceptors (Lipinski definition) is 5. The van der Waals surface area contributed by atoms with Crippen LogP contribution in [-0.2, 0) is 4.79 Å². The van der Waals surface area contributed by atoms with Crippen LogP contribution in [0.2, 0.25) is 0 Å². The van der Waals surface area contributed by atoms with E-state index in [-0.39, 0.29) is 11.8 Å². The first-order chi connectivity index (χ1) is 12.8. The van der Waals surface area contributed by atoms with E-state index in [9.17, 15) is 10.1 Å². The molecule has 26 heavy (non-hydrogen) atoms. The zero-order valence-electron chi connectivity index (χ0n) is 15.5. The smallest absolute Gasteiger partial charge is 0.223 e. The molecule has 1 amide bonds. The van der Waals surface area contributed by atoms with Crippen LogP contribution in [0, 0.1) is 17.2 Å². The van der Waals surface area contributed by atoms with Crippen LogP contribution in [0.3, 0.4) is 0 Å². The van der Waals surface area contributed by atoms with Gasteiger partial charge in [0.15, 0.2) is 0 Å². The summed E-state index contributed by atoms with van der Waals surface area (Å²) in [5.41, 5.74) is 0.605. The van der Waals surface area contributed by atoms with Crippen molar-refractivity contribution in [1.29, 1.82) is 5.26 Å². The summed E-state index contributed by atoms with van der Waals surface area (Å²) in [6.45, 7) is 5.84. The summed E-state index contributed by atoms with van der Waals surface area (Å²) in [5.74, 6) is 1.01. The lowest BCUT2D eigenvalue weighted by atomic mass is 9.95. The topological polar surface area (TPSA) is 72.3 Å². The number of aromatic nitrogens is 1. The Morgan fingerprint density at radius 2 is 2.00 bits per heavy atom. The number of pyridine rings is 1. The van der Waals surface area contributed by atoms with Crippen LogP contribution in [0.1, 0.15) is 44.1 Å². The zero-order chi connectivity index (χ0) is 18.2. The second-order valence-electron chi connectivity index (χ2n) is 7.29. The minimum atomic E-state index is 0.0792. The van der Waals surface area contributed by atoms with Crippen LogP contribution >= 0.6 is 0 Å². The minimum absolute atomic E-state index is 0.0792. The molecule has 2 fully saturated rings. The molecule has 0 saturated carbocycles. The molecular weight excluding hydrogens is 326 g/mol. The highest BCUT2D eigenvalue weighted by atomic mass is 16.1. The second-order valence-corrected chi connectivity index (χ2v) is 7.29. The van der Waals surface area contributed by atoms with Crippen LogP contribution in [0.15, 0.2) is 18.3 Å². The standard InChI is InChI=1S/C20H29N5O/c21-16-18-6-4-9-22-19(18)25-14-7-17(8-15-25)20(26)23-10-5-13-24-11-2-1-3-12-24/h4,6,9,17H,1-3,5,7-8,10-15H2,(H,23,26). The van der Waals surface area contributed by atoms with E-state index in [4.69, 9.17) is 0 Å². The molecule has 0 unspecified atom stereocenters. The number of hydrogen-bond donors (Lipinski definition) is 1. The average molecular weight is 355 g/mol. The van der Waals surface area contributed by atoms with E-state index in [0.29, 0.717) is 5.56 Å². The summed E-state index contributed by atoms with van der Waals surface area (Å²) >= 11 is 0. The Balaban J connectivity index is 1.37. The van der Waals surface area contributed by atoms with E-state index in [2.05, 4.69) is 26.2 Å². The summed E-state index contributed by atoms with van der Waals surface area (Å²) in [4.78, 5) is 21.4. The third-order valence-electron chi connectivity index (χ3n) is 5.47. The number of nitrogens with one attached hydrogen (secondary N) is 1. The number of amides is 1. The summed E-state index contributed by atoms with van der Waals surface area (Å²) < 4.78 is 0. The molecule has 0 aromatic carbocycles. The van der Waals surface area contributed by atoms with Crippen molar-refractivity contribution < 1.29 is 4.79 Å². The Bertz CT molecular complexity index is 627. The first-order valence-corrected chi connectivity index (χ1v) is 9.88. The largest absolute Gasteiger partial charge is 0.356 e.